The summed E-state index contributed by atoms with van der Waals surface area (Å²) in [5.41, 5.74) is 1.02. The number of carbonyl (C=O) groups excluding carboxylic acids is 1. The van der Waals surface area contributed by atoms with E-state index in [1.165, 1.54) is 0 Å². The monoisotopic (exact) mass is 302 g/mol. The highest BCUT2D eigenvalue weighted by Crippen LogP contribution is 2.24. The maximum atomic E-state index is 12.5. The number of fused-ring (bicyclic) bond motifs is 1. The van der Waals surface area contributed by atoms with Crippen molar-refractivity contribution in [3.05, 3.63) is 41.5 Å². The van der Waals surface area contributed by atoms with Gasteiger partial charge in [-0.2, -0.15) is 0 Å². The second kappa shape index (κ2) is 5.76. The molecule has 22 heavy (non-hydrogen) atoms. The first-order chi connectivity index (χ1) is 10.6. The van der Waals surface area contributed by atoms with Crippen LogP contribution in [0.3, 0.4) is 0 Å². The Kier molecular flexibility index (Phi) is 3.81. The van der Waals surface area contributed by atoms with E-state index in [1.807, 2.05) is 24.3 Å². The van der Waals surface area contributed by atoms with E-state index < -0.39 is 6.04 Å². The van der Waals surface area contributed by atoms with Crippen LogP contribution in [0.4, 0.5) is 0 Å². The Balaban J connectivity index is 1.82. The van der Waals surface area contributed by atoms with Crippen LogP contribution in [0.2, 0.25) is 0 Å². The van der Waals surface area contributed by atoms with Gasteiger partial charge in [0.2, 0.25) is 5.91 Å². The van der Waals surface area contributed by atoms with Gasteiger partial charge in [0, 0.05) is 6.54 Å². The molecular weight excluding hydrogens is 284 g/mol. The van der Waals surface area contributed by atoms with Crippen LogP contribution in [0.5, 0.6) is 5.75 Å². The standard InChI is InChI=1S/C15H18N4O3/c1-10-15(21)18(7-11-3-5-12(22-2)6-4-11)8-13-16-17-14(9-20)19(10)13/h3-6,10,20H,7-9H2,1-2H3/t10-/m0/s1. The van der Waals surface area contributed by atoms with Crippen molar-refractivity contribution in [2.45, 2.75) is 32.7 Å². The second-order valence-electron chi connectivity index (χ2n) is 5.28. The van der Waals surface area contributed by atoms with Crippen LogP contribution >= 0.6 is 0 Å². The van der Waals surface area contributed by atoms with Crippen molar-refractivity contribution < 1.29 is 14.6 Å². The molecule has 1 atom stereocenters. The molecule has 2 heterocycles. The number of ether oxygens (including phenoxy) is 1. The number of aliphatic hydroxyl groups is 1. The van der Waals surface area contributed by atoms with Gasteiger partial charge in [-0.1, -0.05) is 12.1 Å². The molecule has 1 aromatic carbocycles. The number of aliphatic hydroxyl groups excluding tert-OH is 1. The van der Waals surface area contributed by atoms with Crippen molar-refractivity contribution >= 4 is 5.91 Å². The minimum atomic E-state index is -0.404. The Bertz CT molecular complexity index is 681. The lowest BCUT2D eigenvalue weighted by Gasteiger charge is -2.32. The van der Waals surface area contributed by atoms with Gasteiger partial charge in [-0.25, -0.2) is 0 Å². The van der Waals surface area contributed by atoms with Crippen LogP contribution in [0, 0.1) is 0 Å². The summed E-state index contributed by atoms with van der Waals surface area (Å²) in [5, 5.41) is 17.3. The number of amides is 1. The average Bonchev–Trinajstić information content (AvgIpc) is 2.96. The van der Waals surface area contributed by atoms with E-state index in [1.54, 1.807) is 23.5 Å². The molecule has 1 amide bonds. The predicted molar refractivity (Wildman–Crippen MR) is 77.9 cm³/mol. The number of hydrogen-bond acceptors (Lipinski definition) is 5. The number of rotatable bonds is 4. The summed E-state index contributed by atoms with van der Waals surface area (Å²) in [6.07, 6.45) is 0. The molecule has 1 aliphatic heterocycles. The summed E-state index contributed by atoms with van der Waals surface area (Å²) in [4.78, 5) is 14.3. The number of nitrogens with zero attached hydrogens (tertiary/aromatic N) is 4. The number of hydrogen-bond donors (Lipinski definition) is 1. The van der Waals surface area contributed by atoms with E-state index >= 15 is 0 Å². The lowest BCUT2D eigenvalue weighted by molar-refractivity contribution is -0.137. The Morgan fingerprint density at radius 3 is 2.68 bits per heavy atom. The van der Waals surface area contributed by atoms with Gasteiger partial charge in [-0.15, -0.1) is 10.2 Å². The molecule has 116 valence electrons. The summed E-state index contributed by atoms with van der Waals surface area (Å²) in [5.74, 6) is 1.91. The van der Waals surface area contributed by atoms with Gasteiger partial charge in [0.05, 0.1) is 13.7 Å². The summed E-state index contributed by atoms with van der Waals surface area (Å²) in [6, 6.07) is 7.23. The zero-order valence-corrected chi connectivity index (χ0v) is 12.6. The van der Waals surface area contributed by atoms with Crippen LogP contribution in [0.25, 0.3) is 0 Å². The average molecular weight is 302 g/mol. The van der Waals surface area contributed by atoms with E-state index in [4.69, 9.17) is 4.74 Å². The van der Waals surface area contributed by atoms with E-state index in [0.29, 0.717) is 24.7 Å². The molecule has 1 N–H and O–H groups in total. The summed E-state index contributed by atoms with van der Waals surface area (Å²) in [6.45, 7) is 2.48. The lowest BCUT2D eigenvalue weighted by atomic mass is 10.1. The predicted octanol–water partition coefficient (Wildman–Crippen LogP) is 0.882. The van der Waals surface area contributed by atoms with Gasteiger partial charge in [0.25, 0.3) is 0 Å². The van der Waals surface area contributed by atoms with E-state index in [2.05, 4.69) is 10.2 Å². The third-order valence-corrected chi connectivity index (χ3v) is 3.90. The molecular formula is C15H18N4O3. The van der Waals surface area contributed by atoms with Crippen molar-refractivity contribution in [1.82, 2.24) is 19.7 Å². The van der Waals surface area contributed by atoms with E-state index in [0.717, 1.165) is 11.3 Å². The van der Waals surface area contributed by atoms with Gasteiger partial charge >= 0.3 is 0 Å². The van der Waals surface area contributed by atoms with E-state index in [9.17, 15) is 9.90 Å². The minimum Gasteiger partial charge on any atom is -0.497 e. The molecule has 7 heteroatoms. The smallest absolute Gasteiger partial charge is 0.246 e. The van der Waals surface area contributed by atoms with Crippen LogP contribution in [-0.2, 0) is 24.5 Å². The highest BCUT2D eigenvalue weighted by Gasteiger charge is 2.32. The Labute approximate surface area is 128 Å². The first-order valence-corrected chi connectivity index (χ1v) is 7.09. The number of aromatic nitrogens is 3. The van der Waals surface area contributed by atoms with Crippen molar-refractivity contribution in [2.75, 3.05) is 7.11 Å². The molecule has 0 saturated heterocycles. The van der Waals surface area contributed by atoms with Crippen molar-refractivity contribution in [3.8, 4) is 5.75 Å². The fraction of sp³-hybridized carbons (Fsp3) is 0.400. The van der Waals surface area contributed by atoms with Gasteiger partial charge in [-0.3, -0.25) is 9.36 Å². The molecule has 3 rings (SSSR count). The topological polar surface area (TPSA) is 80.5 Å². The van der Waals surface area contributed by atoms with Crippen LogP contribution in [0.15, 0.2) is 24.3 Å². The normalized spacial score (nSPS) is 17.5. The quantitative estimate of drug-likeness (QED) is 0.907. The maximum absolute atomic E-state index is 12.5. The molecule has 0 radical (unpaired) electrons. The first kappa shape index (κ1) is 14.5. The molecule has 0 fully saturated rings. The highest BCUT2D eigenvalue weighted by molar-refractivity contribution is 5.81. The van der Waals surface area contributed by atoms with E-state index in [-0.39, 0.29) is 12.5 Å². The van der Waals surface area contributed by atoms with Crippen molar-refractivity contribution in [2.24, 2.45) is 0 Å². The third-order valence-electron chi connectivity index (χ3n) is 3.90. The molecule has 7 nitrogen and oxygen atoms in total. The Hall–Kier alpha value is -2.41. The molecule has 1 aromatic heterocycles. The lowest BCUT2D eigenvalue weighted by Crippen LogP contribution is -2.41. The fourth-order valence-corrected chi connectivity index (χ4v) is 2.73. The summed E-state index contributed by atoms with van der Waals surface area (Å²) in [7, 11) is 1.62. The maximum Gasteiger partial charge on any atom is 0.246 e. The fourth-order valence-electron chi connectivity index (χ4n) is 2.73. The number of carbonyl (C=O) groups is 1. The first-order valence-electron chi connectivity index (χ1n) is 7.09. The molecule has 0 spiro atoms. The zero-order chi connectivity index (χ0) is 15.7. The van der Waals surface area contributed by atoms with Gasteiger partial charge in [0.1, 0.15) is 18.4 Å². The van der Waals surface area contributed by atoms with Crippen LogP contribution in [-0.4, -0.2) is 37.8 Å². The summed E-state index contributed by atoms with van der Waals surface area (Å²) < 4.78 is 6.85. The molecule has 0 unspecified atom stereocenters. The van der Waals surface area contributed by atoms with Crippen molar-refractivity contribution in [3.63, 3.8) is 0 Å². The Morgan fingerprint density at radius 1 is 1.32 bits per heavy atom. The molecule has 0 bridgehead atoms. The van der Waals surface area contributed by atoms with Crippen molar-refractivity contribution in [1.29, 1.82) is 0 Å². The summed E-state index contributed by atoms with van der Waals surface area (Å²) >= 11 is 0. The van der Waals surface area contributed by atoms with Crippen LogP contribution < -0.4 is 4.74 Å². The van der Waals surface area contributed by atoms with Gasteiger partial charge in [0.15, 0.2) is 11.6 Å². The Morgan fingerprint density at radius 2 is 2.05 bits per heavy atom. The SMILES string of the molecule is COc1ccc(CN2Cc3nnc(CO)n3[C@@H](C)C2=O)cc1. The number of benzene rings is 1. The molecule has 1 aliphatic rings. The minimum absolute atomic E-state index is 0.00202. The third kappa shape index (κ3) is 2.43. The van der Waals surface area contributed by atoms with Crippen LogP contribution in [0.1, 0.15) is 30.2 Å². The second-order valence-corrected chi connectivity index (χ2v) is 5.28. The highest BCUT2D eigenvalue weighted by atomic mass is 16.5. The largest absolute Gasteiger partial charge is 0.497 e. The molecule has 0 saturated carbocycles. The zero-order valence-electron chi connectivity index (χ0n) is 12.6. The number of methoxy groups -OCH3 is 1. The molecule has 0 aliphatic carbocycles. The van der Waals surface area contributed by atoms with Gasteiger partial charge < -0.3 is 14.7 Å². The molecule has 2 aromatic rings. The van der Waals surface area contributed by atoms with Gasteiger partial charge in [-0.05, 0) is 24.6 Å².